The zero-order chi connectivity index (χ0) is 17.2. The summed E-state index contributed by atoms with van der Waals surface area (Å²) in [5.74, 6) is -0.822. The van der Waals surface area contributed by atoms with Crippen molar-refractivity contribution < 1.29 is 29.3 Å². The van der Waals surface area contributed by atoms with E-state index in [4.69, 9.17) is 9.47 Å². The molecule has 1 saturated heterocycles. The van der Waals surface area contributed by atoms with E-state index in [2.05, 4.69) is 0 Å². The fourth-order valence-corrected chi connectivity index (χ4v) is 4.93. The van der Waals surface area contributed by atoms with Crippen molar-refractivity contribution in [2.45, 2.75) is 58.5 Å². The fourth-order valence-electron chi connectivity index (χ4n) is 4.93. The van der Waals surface area contributed by atoms with Crippen molar-refractivity contribution in [1.82, 2.24) is 0 Å². The van der Waals surface area contributed by atoms with Gasteiger partial charge in [-0.1, -0.05) is 13.8 Å². The van der Waals surface area contributed by atoms with E-state index in [0.29, 0.717) is 12.0 Å². The van der Waals surface area contributed by atoms with Crippen LogP contribution >= 0.6 is 0 Å². The second kappa shape index (κ2) is 5.13. The summed E-state index contributed by atoms with van der Waals surface area (Å²) in [5, 5.41) is 20.9. The van der Waals surface area contributed by atoms with E-state index in [1.165, 1.54) is 6.92 Å². The molecule has 2 fully saturated rings. The third-order valence-electron chi connectivity index (χ3n) is 6.47. The van der Waals surface area contributed by atoms with Crippen molar-refractivity contribution in [1.29, 1.82) is 0 Å². The molecule has 3 aliphatic rings. The molecule has 3 rings (SSSR count). The molecule has 23 heavy (non-hydrogen) atoms. The monoisotopic (exact) mass is 324 g/mol. The van der Waals surface area contributed by atoms with Crippen LogP contribution in [0.2, 0.25) is 0 Å². The van der Waals surface area contributed by atoms with Crippen LogP contribution in [0.15, 0.2) is 11.6 Å². The molecule has 2 bridgehead atoms. The molecule has 6 heteroatoms. The van der Waals surface area contributed by atoms with Gasteiger partial charge >= 0.3 is 5.97 Å². The molecule has 0 radical (unpaired) electrons. The van der Waals surface area contributed by atoms with Gasteiger partial charge in [0.1, 0.15) is 12.2 Å². The molecule has 128 valence electrons. The topological polar surface area (TPSA) is 93.1 Å². The lowest BCUT2D eigenvalue weighted by molar-refractivity contribution is -0.237. The SMILES string of the molecule is CC(=O)O[C@@H]1C[C@@]2(C)[C@H](C)[C@@H]1O[C@@H]1C=C(C)C(=O)[C@@H](O)[C@@]12CO. The summed E-state index contributed by atoms with van der Waals surface area (Å²) in [5.41, 5.74) is -1.26. The van der Waals surface area contributed by atoms with E-state index in [0.717, 1.165) is 0 Å². The number of Topliss-reactive ketones (excluding diaryl/α,β-unsaturated/α-hetero) is 1. The number of rotatable bonds is 2. The number of carbonyl (C=O) groups is 2. The minimum Gasteiger partial charge on any atom is -0.460 e. The van der Waals surface area contributed by atoms with E-state index < -0.39 is 29.1 Å². The van der Waals surface area contributed by atoms with Crippen LogP contribution in [0.4, 0.5) is 0 Å². The van der Waals surface area contributed by atoms with E-state index in [1.807, 2.05) is 13.8 Å². The van der Waals surface area contributed by atoms with Gasteiger partial charge < -0.3 is 19.7 Å². The van der Waals surface area contributed by atoms with Gasteiger partial charge in [0.15, 0.2) is 5.78 Å². The maximum atomic E-state index is 12.4. The predicted octanol–water partition coefficient (Wildman–Crippen LogP) is 0.600. The van der Waals surface area contributed by atoms with Crippen LogP contribution in [-0.4, -0.2) is 53.0 Å². The standard InChI is InChI=1S/C17H24O6/c1-8-5-12-17(7-18,15(21)13(8)20)16(4)6-11(22-10(3)19)14(23-12)9(16)2/h5,9,11-12,14-15,18,21H,6-7H2,1-4H3/t9-,11-,12-,14+,15-,16+,17-/m1/s1. The quantitative estimate of drug-likeness (QED) is 0.723. The minimum atomic E-state index is -1.33. The third kappa shape index (κ3) is 1.92. The molecule has 2 aliphatic carbocycles. The lowest BCUT2D eigenvalue weighted by Crippen LogP contribution is -2.67. The Balaban J connectivity index is 2.11. The molecule has 1 heterocycles. The minimum absolute atomic E-state index is 0.0653. The van der Waals surface area contributed by atoms with Crippen molar-refractivity contribution in [3.05, 3.63) is 11.6 Å². The van der Waals surface area contributed by atoms with Crippen LogP contribution in [0.25, 0.3) is 0 Å². The Bertz CT molecular complexity index is 584. The van der Waals surface area contributed by atoms with E-state index in [1.54, 1.807) is 13.0 Å². The lowest BCUT2D eigenvalue weighted by atomic mass is 9.51. The summed E-state index contributed by atoms with van der Waals surface area (Å²) < 4.78 is 11.5. The summed E-state index contributed by atoms with van der Waals surface area (Å²) >= 11 is 0. The molecule has 0 aromatic heterocycles. The van der Waals surface area contributed by atoms with Crippen LogP contribution in [0.5, 0.6) is 0 Å². The van der Waals surface area contributed by atoms with Gasteiger partial charge in [0.25, 0.3) is 0 Å². The summed E-state index contributed by atoms with van der Waals surface area (Å²) in [6.45, 7) is 6.54. The number of carbonyl (C=O) groups excluding carboxylic acids is 2. The fraction of sp³-hybridized carbons (Fsp3) is 0.765. The Morgan fingerprint density at radius 2 is 2.17 bits per heavy atom. The number of ether oxygens (including phenoxy) is 2. The van der Waals surface area contributed by atoms with Crippen LogP contribution in [-0.2, 0) is 19.1 Å². The highest BCUT2D eigenvalue weighted by Crippen LogP contribution is 2.64. The molecule has 0 aromatic rings. The van der Waals surface area contributed by atoms with Gasteiger partial charge in [-0.2, -0.15) is 0 Å². The Kier molecular flexibility index (Phi) is 3.70. The predicted molar refractivity (Wildman–Crippen MR) is 80.4 cm³/mol. The first-order valence-electron chi connectivity index (χ1n) is 8.03. The number of ketones is 1. The molecule has 0 unspecified atom stereocenters. The highest BCUT2D eigenvalue weighted by atomic mass is 16.6. The number of aliphatic hydroxyl groups is 2. The molecule has 2 N–H and O–H groups in total. The summed E-state index contributed by atoms with van der Waals surface area (Å²) in [4.78, 5) is 23.7. The maximum absolute atomic E-state index is 12.4. The normalized spacial score (nSPS) is 48.7. The van der Waals surface area contributed by atoms with Crippen LogP contribution in [0.1, 0.15) is 34.1 Å². The molecule has 7 atom stereocenters. The van der Waals surface area contributed by atoms with E-state index in [-0.39, 0.29) is 30.4 Å². The van der Waals surface area contributed by atoms with E-state index >= 15 is 0 Å². The van der Waals surface area contributed by atoms with Gasteiger partial charge in [0.2, 0.25) is 0 Å². The van der Waals surface area contributed by atoms with Gasteiger partial charge in [-0.15, -0.1) is 0 Å². The zero-order valence-corrected chi connectivity index (χ0v) is 13.9. The summed E-state index contributed by atoms with van der Waals surface area (Å²) in [6, 6.07) is 0. The van der Waals surface area contributed by atoms with Gasteiger partial charge in [-0.25, -0.2) is 0 Å². The van der Waals surface area contributed by atoms with Gasteiger partial charge in [0, 0.05) is 6.92 Å². The highest BCUT2D eigenvalue weighted by Gasteiger charge is 2.71. The van der Waals surface area contributed by atoms with E-state index in [9.17, 15) is 19.8 Å². The maximum Gasteiger partial charge on any atom is 0.302 e. The number of aliphatic hydroxyl groups excluding tert-OH is 2. The van der Waals surface area contributed by atoms with Crippen LogP contribution in [0.3, 0.4) is 0 Å². The lowest BCUT2D eigenvalue weighted by Gasteiger charge is -2.58. The Labute approximate surface area is 135 Å². The van der Waals surface area contributed by atoms with Gasteiger partial charge in [-0.3, -0.25) is 9.59 Å². The molecule has 1 saturated carbocycles. The average molecular weight is 324 g/mol. The number of hydrogen-bond acceptors (Lipinski definition) is 6. The Morgan fingerprint density at radius 1 is 1.52 bits per heavy atom. The van der Waals surface area contributed by atoms with Crippen LogP contribution < -0.4 is 0 Å². The van der Waals surface area contributed by atoms with Crippen molar-refractivity contribution in [3.63, 3.8) is 0 Å². The number of esters is 1. The molecular formula is C17H24O6. The first-order valence-corrected chi connectivity index (χ1v) is 8.03. The summed E-state index contributed by atoms with van der Waals surface area (Å²) in [6.07, 6.45) is -0.500. The zero-order valence-electron chi connectivity index (χ0n) is 13.9. The highest BCUT2D eigenvalue weighted by molar-refractivity contribution is 6.00. The van der Waals surface area contributed by atoms with Gasteiger partial charge in [0.05, 0.1) is 24.2 Å². The van der Waals surface area contributed by atoms with Crippen molar-refractivity contribution in [2.75, 3.05) is 6.61 Å². The molecule has 1 aliphatic heterocycles. The van der Waals surface area contributed by atoms with Crippen LogP contribution in [0, 0.1) is 16.7 Å². The van der Waals surface area contributed by atoms with Crippen molar-refractivity contribution in [3.8, 4) is 0 Å². The van der Waals surface area contributed by atoms with Gasteiger partial charge in [-0.05, 0) is 36.3 Å². The molecule has 6 nitrogen and oxygen atoms in total. The number of hydrogen-bond donors (Lipinski definition) is 2. The molecule has 0 aromatic carbocycles. The van der Waals surface area contributed by atoms with Crippen molar-refractivity contribution >= 4 is 11.8 Å². The van der Waals surface area contributed by atoms with Crippen molar-refractivity contribution in [2.24, 2.45) is 16.7 Å². The second-order valence-electron chi connectivity index (χ2n) is 7.39. The Morgan fingerprint density at radius 3 is 2.74 bits per heavy atom. The largest absolute Gasteiger partial charge is 0.460 e. The first kappa shape index (κ1) is 16.6. The summed E-state index contributed by atoms with van der Waals surface area (Å²) in [7, 11) is 0. The Hall–Kier alpha value is -1.24. The second-order valence-corrected chi connectivity index (χ2v) is 7.39. The molecular weight excluding hydrogens is 300 g/mol. The molecule has 0 amide bonds. The number of fused-ring (bicyclic) bond motifs is 4. The smallest absolute Gasteiger partial charge is 0.302 e. The first-order chi connectivity index (χ1) is 10.7. The average Bonchev–Trinajstić information content (AvgIpc) is 2.64. The molecule has 0 spiro atoms. The third-order valence-corrected chi connectivity index (χ3v) is 6.47.